The fraction of sp³-hybridized carbons (Fsp3) is 0.357. The Bertz CT molecular complexity index is 637. The summed E-state index contributed by atoms with van der Waals surface area (Å²) < 4.78 is 1.93. The minimum atomic E-state index is -0.859. The average molecular weight is 291 g/mol. The molecule has 1 aromatic heterocycles. The number of hydrogen-bond acceptors (Lipinski definition) is 4. The zero-order valence-corrected chi connectivity index (χ0v) is 12.6. The zero-order valence-electron chi connectivity index (χ0n) is 11.8. The molecule has 0 aliphatic heterocycles. The van der Waals surface area contributed by atoms with E-state index in [1.165, 1.54) is 22.9 Å². The Morgan fingerprint density at radius 3 is 2.65 bits per heavy atom. The molecule has 1 heterocycles. The van der Waals surface area contributed by atoms with E-state index in [-0.39, 0.29) is 5.75 Å². The van der Waals surface area contributed by atoms with Gasteiger partial charge in [-0.1, -0.05) is 24.8 Å². The molecule has 0 saturated heterocycles. The molecule has 0 atom stereocenters. The van der Waals surface area contributed by atoms with Crippen molar-refractivity contribution in [3.63, 3.8) is 0 Å². The minimum absolute atomic E-state index is 0.0211. The number of rotatable bonds is 5. The topological polar surface area (TPSA) is 68.0 Å². The van der Waals surface area contributed by atoms with Crippen molar-refractivity contribution in [2.45, 2.75) is 32.3 Å². The number of carboxylic acids is 1. The first-order valence-corrected chi connectivity index (χ1v) is 7.38. The first-order valence-electron chi connectivity index (χ1n) is 6.39. The summed E-state index contributed by atoms with van der Waals surface area (Å²) in [5, 5.41) is 17.7. The lowest BCUT2D eigenvalue weighted by molar-refractivity contribution is -0.133. The molecular formula is C14H17N3O2S. The Morgan fingerprint density at radius 2 is 2.05 bits per heavy atom. The van der Waals surface area contributed by atoms with Crippen LogP contribution in [0.4, 0.5) is 0 Å². The SMILES string of the molecule is CCc1nnc(SCC(=O)O)n1-c1ccc(C)c(C)c1. The Morgan fingerprint density at radius 1 is 1.30 bits per heavy atom. The van der Waals surface area contributed by atoms with E-state index in [9.17, 15) is 4.79 Å². The third-order valence-electron chi connectivity index (χ3n) is 3.09. The Balaban J connectivity index is 2.44. The van der Waals surface area contributed by atoms with E-state index in [0.29, 0.717) is 5.16 Å². The van der Waals surface area contributed by atoms with Crippen LogP contribution in [-0.2, 0) is 11.2 Å². The summed E-state index contributed by atoms with van der Waals surface area (Å²) in [7, 11) is 0. The van der Waals surface area contributed by atoms with Crippen molar-refractivity contribution in [2.24, 2.45) is 0 Å². The van der Waals surface area contributed by atoms with Crippen molar-refractivity contribution in [3.8, 4) is 5.69 Å². The number of hydrogen-bond donors (Lipinski definition) is 1. The third-order valence-corrected chi connectivity index (χ3v) is 4.00. The van der Waals surface area contributed by atoms with Crippen molar-refractivity contribution in [2.75, 3.05) is 5.75 Å². The van der Waals surface area contributed by atoms with Gasteiger partial charge in [0.1, 0.15) is 5.82 Å². The normalized spacial score (nSPS) is 10.8. The maximum Gasteiger partial charge on any atom is 0.313 e. The maximum atomic E-state index is 10.7. The van der Waals surface area contributed by atoms with Crippen molar-refractivity contribution in [3.05, 3.63) is 35.2 Å². The molecule has 0 saturated carbocycles. The summed E-state index contributed by atoms with van der Waals surface area (Å²) in [5.41, 5.74) is 3.38. The van der Waals surface area contributed by atoms with Gasteiger partial charge in [0.25, 0.3) is 0 Å². The molecule has 0 fully saturated rings. The van der Waals surface area contributed by atoms with E-state index in [1.807, 2.05) is 17.6 Å². The first kappa shape index (κ1) is 14.6. The summed E-state index contributed by atoms with van der Waals surface area (Å²) in [6.07, 6.45) is 0.744. The Labute approximate surface area is 122 Å². The highest BCUT2D eigenvalue weighted by atomic mass is 32.2. The monoisotopic (exact) mass is 291 g/mol. The zero-order chi connectivity index (χ0) is 14.7. The van der Waals surface area contributed by atoms with E-state index in [2.05, 4.69) is 36.2 Å². The summed E-state index contributed by atoms with van der Waals surface area (Å²) >= 11 is 1.19. The van der Waals surface area contributed by atoms with E-state index >= 15 is 0 Å². The lowest BCUT2D eigenvalue weighted by atomic mass is 10.1. The fourth-order valence-corrected chi connectivity index (χ4v) is 2.56. The van der Waals surface area contributed by atoms with Crippen molar-refractivity contribution in [1.82, 2.24) is 14.8 Å². The highest BCUT2D eigenvalue weighted by molar-refractivity contribution is 7.99. The van der Waals surface area contributed by atoms with Gasteiger partial charge in [-0.25, -0.2) is 0 Å². The molecule has 0 aliphatic carbocycles. The molecule has 0 bridgehead atoms. The first-order chi connectivity index (χ1) is 9.52. The third kappa shape index (κ3) is 3.01. The van der Waals surface area contributed by atoms with Crippen LogP contribution in [-0.4, -0.2) is 31.6 Å². The molecule has 20 heavy (non-hydrogen) atoms. The predicted octanol–water partition coefficient (Wildman–Crippen LogP) is 2.62. The van der Waals surface area contributed by atoms with Crippen LogP contribution in [0.15, 0.2) is 23.4 Å². The minimum Gasteiger partial charge on any atom is -0.481 e. The molecule has 1 aromatic carbocycles. The quantitative estimate of drug-likeness (QED) is 0.858. The molecule has 0 spiro atoms. The summed E-state index contributed by atoms with van der Waals surface area (Å²) in [5.74, 6) is -0.0454. The summed E-state index contributed by atoms with van der Waals surface area (Å²) in [6, 6.07) is 6.13. The van der Waals surface area contributed by atoms with E-state index < -0.39 is 5.97 Å². The smallest absolute Gasteiger partial charge is 0.313 e. The van der Waals surface area contributed by atoms with E-state index in [1.54, 1.807) is 0 Å². The number of carbonyl (C=O) groups is 1. The van der Waals surface area contributed by atoms with Crippen molar-refractivity contribution < 1.29 is 9.90 Å². The van der Waals surface area contributed by atoms with Crippen LogP contribution in [0, 0.1) is 13.8 Å². The highest BCUT2D eigenvalue weighted by Gasteiger charge is 2.14. The summed E-state index contributed by atoms with van der Waals surface area (Å²) in [4.78, 5) is 10.7. The number of benzene rings is 1. The largest absolute Gasteiger partial charge is 0.481 e. The van der Waals surface area contributed by atoms with Crippen LogP contribution in [0.2, 0.25) is 0 Å². The standard InChI is InChI=1S/C14H17N3O2S/c1-4-12-15-16-14(20-8-13(18)19)17(12)11-6-5-9(2)10(3)7-11/h5-7H,4,8H2,1-3H3,(H,18,19). The predicted molar refractivity (Wildman–Crippen MR) is 78.6 cm³/mol. The van der Waals surface area contributed by atoms with Gasteiger partial charge in [-0.15, -0.1) is 10.2 Å². The highest BCUT2D eigenvalue weighted by Crippen LogP contribution is 2.23. The van der Waals surface area contributed by atoms with E-state index in [4.69, 9.17) is 5.11 Å². The Hall–Kier alpha value is -1.82. The molecular weight excluding hydrogens is 274 g/mol. The van der Waals surface area contributed by atoms with Gasteiger partial charge in [-0.3, -0.25) is 9.36 Å². The number of thioether (sulfide) groups is 1. The molecule has 0 unspecified atom stereocenters. The van der Waals surface area contributed by atoms with Gasteiger partial charge in [-0.05, 0) is 37.1 Å². The number of carboxylic acid groups (broad SMARTS) is 1. The number of aryl methyl sites for hydroxylation is 3. The second kappa shape index (κ2) is 6.09. The van der Waals surface area contributed by atoms with Gasteiger partial charge in [0, 0.05) is 12.1 Å². The van der Waals surface area contributed by atoms with Gasteiger partial charge in [0.15, 0.2) is 5.16 Å². The van der Waals surface area contributed by atoms with Crippen LogP contribution >= 0.6 is 11.8 Å². The van der Waals surface area contributed by atoms with Gasteiger partial charge in [0.2, 0.25) is 0 Å². The van der Waals surface area contributed by atoms with Gasteiger partial charge < -0.3 is 5.11 Å². The molecule has 0 amide bonds. The number of aromatic nitrogens is 3. The molecule has 2 aromatic rings. The molecule has 5 nitrogen and oxygen atoms in total. The van der Waals surface area contributed by atoms with Gasteiger partial charge in [-0.2, -0.15) is 0 Å². The van der Waals surface area contributed by atoms with Crippen LogP contribution < -0.4 is 0 Å². The molecule has 6 heteroatoms. The van der Waals surface area contributed by atoms with Crippen LogP contribution in [0.1, 0.15) is 23.9 Å². The van der Waals surface area contributed by atoms with Crippen LogP contribution in [0.3, 0.4) is 0 Å². The van der Waals surface area contributed by atoms with Gasteiger partial charge in [0.05, 0.1) is 5.75 Å². The van der Waals surface area contributed by atoms with Crippen molar-refractivity contribution >= 4 is 17.7 Å². The summed E-state index contributed by atoms with van der Waals surface area (Å²) in [6.45, 7) is 6.12. The van der Waals surface area contributed by atoms with Crippen molar-refractivity contribution in [1.29, 1.82) is 0 Å². The van der Waals surface area contributed by atoms with E-state index in [0.717, 1.165) is 17.9 Å². The second-order valence-electron chi connectivity index (χ2n) is 4.54. The molecule has 1 N–H and O–H groups in total. The molecule has 2 rings (SSSR count). The van der Waals surface area contributed by atoms with Crippen LogP contribution in [0.25, 0.3) is 5.69 Å². The molecule has 106 valence electrons. The Kier molecular flexibility index (Phi) is 4.44. The van der Waals surface area contributed by atoms with Gasteiger partial charge >= 0.3 is 5.97 Å². The maximum absolute atomic E-state index is 10.7. The molecule has 0 radical (unpaired) electrons. The number of aliphatic carboxylic acids is 1. The van der Waals surface area contributed by atoms with Crippen LogP contribution in [0.5, 0.6) is 0 Å². The lowest BCUT2D eigenvalue weighted by Crippen LogP contribution is -2.05. The second-order valence-corrected chi connectivity index (χ2v) is 5.48. The fourth-order valence-electron chi connectivity index (χ4n) is 1.87. The average Bonchev–Trinajstić information content (AvgIpc) is 2.82. The molecule has 0 aliphatic rings. The lowest BCUT2D eigenvalue weighted by Gasteiger charge is -2.10. The number of nitrogens with zero attached hydrogens (tertiary/aromatic N) is 3.